The third-order valence-electron chi connectivity index (χ3n) is 2.91. The van der Waals surface area contributed by atoms with Crippen LogP contribution in [0.25, 0.3) is 0 Å². The van der Waals surface area contributed by atoms with E-state index in [1.54, 1.807) is 6.08 Å². The Bertz CT molecular complexity index is 377. The van der Waals surface area contributed by atoms with Crippen LogP contribution in [0.4, 0.5) is 0 Å². The monoisotopic (exact) mass is 277 g/mol. The average molecular weight is 277 g/mol. The normalized spacial score (nSPS) is 10.8. The highest BCUT2D eigenvalue weighted by Gasteiger charge is 2.01. The molecule has 1 aromatic carbocycles. The second kappa shape index (κ2) is 10.5. The van der Waals surface area contributed by atoms with E-state index in [2.05, 4.69) is 31.8 Å². The van der Waals surface area contributed by atoms with Gasteiger partial charge in [-0.2, -0.15) is 0 Å². The van der Waals surface area contributed by atoms with Crippen molar-refractivity contribution in [3.05, 3.63) is 42.5 Å². The lowest BCUT2D eigenvalue weighted by Crippen LogP contribution is -2.20. The predicted octanol–water partition coefficient (Wildman–Crippen LogP) is 3.40. The first-order chi connectivity index (χ1) is 9.74. The molecule has 0 spiro atoms. The molecular weight excluding hydrogens is 250 g/mol. The van der Waals surface area contributed by atoms with Crippen molar-refractivity contribution in [2.75, 3.05) is 26.4 Å². The molecule has 0 amide bonds. The number of hydrogen-bond donors (Lipinski definition) is 1. The first-order valence-corrected chi connectivity index (χ1v) is 7.34. The topological polar surface area (TPSA) is 30.5 Å². The summed E-state index contributed by atoms with van der Waals surface area (Å²) >= 11 is 0. The first kappa shape index (κ1) is 16.7. The molecule has 3 heteroatoms. The van der Waals surface area contributed by atoms with E-state index < -0.39 is 0 Å². The molecule has 0 aliphatic carbocycles. The summed E-state index contributed by atoms with van der Waals surface area (Å²) in [7, 11) is 0. The van der Waals surface area contributed by atoms with Gasteiger partial charge in [-0.15, -0.1) is 0 Å². The molecular formula is C17H27NO2. The van der Waals surface area contributed by atoms with Gasteiger partial charge in [-0.05, 0) is 18.4 Å². The zero-order valence-corrected chi connectivity index (χ0v) is 12.7. The van der Waals surface area contributed by atoms with E-state index in [0.717, 1.165) is 44.0 Å². The lowest BCUT2D eigenvalue weighted by atomic mass is 10.1. The molecule has 0 heterocycles. The van der Waals surface area contributed by atoms with Crippen LogP contribution in [0.3, 0.4) is 0 Å². The molecule has 0 unspecified atom stereocenters. The molecule has 0 saturated carbocycles. The fourth-order valence-electron chi connectivity index (χ4n) is 1.73. The van der Waals surface area contributed by atoms with Gasteiger partial charge in [-0.3, -0.25) is 0 Å². The van der Waals surface area contributed by atoms with Gasteiger partial charge < -0.3 is 14.8 Å². The van der Waals surface area contributed by atoms with Crippen molar-refractivity contribution in [1.82, 2.24) is 5.32 Å². The van der Waals surface area contributed by atoms with Crippen molar-refractivity contribution in [3.63, 3.8) is 0 Å². The number of benzene rings is 1. The van der Waals surface area contributed by atoms with Crippen LogP contribution in [0.1, 0.15) is 25.8 Å². The molecule has 0 aromatic heterocycles. The van der Waals surface area contributed by atoms with Gasteiger partial charge in [0.2, 0.25) is 0 Å². The van der Waals surface area contributed by atoms with E-state index >= 15 is 0 Å². The van der Waals surface area contributed by atoms with E-state index in [1.165, 1.54) is 0 Å². The number of hydrogen-bond acceptors (Lipinski definition) is 3. The van der Waals surface area contributed by atoms with Crippen molar-refractivity contribution >= 4 is 0 Å². The highest BCUT2D eigenvalue weighted by Crippen LogP contribution is 2.17. The number of rotatable bonds is 11. The summed E-state index contributed by atoms with van der Waals surface area (Å²) in [5, 5.41) is 3.38. The minimum Gasteiger partial charge on any atom is -0.489 e. The lowest BCUT2D eigenvalue weighted by Gasteiger charge is -2.11. The van der Waals surface area contributed by atoms with Gasteiger partial charge in [-0.25, -0.2) is 0 Å². The second-order valence-corrected chi connectivity index (χ2v) is 5.18. The maximum Gasteiger partial charge on any atom is 0.124 e. The van der Waals surface area contributed by atoms with Crippen LogP contribution in [0.15, 0.2) is 36.9 Å². The Kier molecular flexibility index (Phi) is 8.76. The minimum absolute atomic E-state index is 0.537. The Labute approximate surface area is 123 Å². The van der Waals surface area contributed by atoms with Crippen LogP contribution in [0.5, 0.6) is 5.75 Å². The molecule has 0 saturated heterocycles. The van der Waals surface area contributed by atoms with E-state index in [0.29, 0.717) is 12.5 Å². The molecule has 0 aliphatic rings. The second-order valence-electron chi connectivity index (χ2n) is 5.18. The minimum atomic E-state index is 0.537. The molecule has 1 N–H and O–H groups in total. The summed E-state index contributed by atoms with van der Waals surface area (Å²) < 4.78 is 11.2. The third kappa shape index (κ3) is 7.31. The molecule has 0 fully saturated rings. The molecule has 1 aromatic rings. The summed E-state index contributed by atoms with van der Waals surface area (Å²) in [6.07, 6.45) is 2.88. The quantitative estimate of drug-likeness (QED) is 0.497. The standard InChI is InChI=1S/C17H27NO2/c1-4-11-20-17-8-6-5-7-16(17)14-18-10-13-19-12-9-15(2)3/h4-8,15,18H,1,9-14H2,2-3H3. The predicted molar refractivity (Wildman–Crippen MR) is 84.1 cm³/mol. The van der Waals surface area contributed by atoms with Crippen LogP contribution >= 0.6 is 0 Å². The van der Waals surface area contributed by atoms with Crippen LogP contribution < -0.4 is 10.1 Å². The Balaban J connectivity index is 2.19. The number of para-hydroxylation sites is 1. The molecule has 20 heavy (non-hydrogen) atoms. The maximum absolute atomic E-state index is 5.62. The molecule has 112 valence electrons. The molecule has 0 bridgehead atoms. The van der Waals surface area contributed by atoms with Gasteiger partial charge in [-0.1, -0.05) is 44.7 Å². The van der Waals surface area contributed by atoms with Crippen molar-refractivity contribution in [1.29, 1.82) is 0 Å². The zero-order chi connectivity index (χ0) is 14.6. The highest BCUT2D eigenvalue weighted by atomic mass is 16.5. The van der Waals surface area contributed by atoms with Gasteiger partial charge in [0.05, 0.1) is 6.61 Å². The van der Waals surface area contributed by atoms with Crippen molar-refractivity contribution in [2.24, 2.45) is 5.92 Å². The van der Waals surface area contributed by atoms with E-state index in [9.17, 15) is 0 Å². The zero-order valence-electron chi connectivity index (χ0n) is 12.7. The molecule has 1 rings (SSSR count). The van der Waals surface area contributed by atoms with Crippen molar-refractivity contribution in [2.45, 2.75) is 26.8 Å². The Morgan fingerprint density at radius 2 is 2.05 bits per heavy atom. The maximum atomic E-state index is 5.62. The lowest BCUT2D eigenvalue weighted by molar-refractivity contribution is 0.125. The highest BCUT2D eigenvalue weighted by molar-refractivity contribution is 5.33. The van der Waals surface area contributed by atoms with E-state index in [4.69, 9.17) is 9.47 Å². The Morgan fingerprint density at radius 3 is 2.80 bits per heavy atom. The SMILES string of the molecule is C=CCOc1ccccc1CNCCOCCC(C)C. The number of ether oxygens (including phenoxy) is 2. The van der Waals surface area contributed by atoms with Gasteiger partial charge in [0.25, 0.3) is 0 Å². The summed E-state index contributed by atoms with van der Waals surface area (Å²) in [6, 6.07) is 8.07. The van der Waals surface area contributed by atoms with E-state index in [1.807, 2.05) is 18.2 Å². The third-order valence-corrected chi connectivity index (χ3v) is 2.91. The summed E-state index contributed by atoms with van der Waals surface area (Å²) in [5.41, 5.74) is 1.16. The fraction of sp³-hybridized carbons (Fsp3) is 0.529. The molecule has 0 atom stereocenters. The Morgan fingerprint density at radius 1 is 1.25 bits per heavy atom. The molecule has 3 nitrogen and oxygen atoms in total. The fourth-order valence-corrected chi connectivity index (χ4v) is 1.73. The van der Waals surface area contributed by atoms with Crippen molar-refractivity contribution in [3.8, 4) is 5.75 Å². The number of nitrogens with one attached hydrogen (secondary N) is 1. The van der Waals surface area contributed by atoms with Crippen LogP contribution in [-0.4, -0.2) is 26.4 Å². The van der Waals surface area contributed by atoms with Crippen LogP contribution in [-0.2, 0) is 11.3 Å². The van der Waals surface area contributed by atoms with Crippen molar-refractivity contribution < 1.29 is 9.47 Å². The smallest absolute Gasteiger partial charge is 0.124 e. The summed E-state index contributed by atoms with van der Waals surface area (Å²) in [5.74, 6) is 1.62. The summed E-state index contributed by atoms with van der Waals surface area (Å²) in [4.78, 5) is 0. The average Bonchev–Trinajstić information content (AvgIpc) is 2.44. The molecule has 0 aliphatic heterocycles. The van der Waals surface area contributed by atoms with Crippen LogP contribution in [0.2, 0.25) is 0 Å². The summed E-state index contributed by atoms with van der Waals surface area (Å²) in [6.45, 7) is 11.9. The first-order valence-electron chi connectivity index (χ1n) is 7.34. The van der Waals surface area contributed by atoms with Gasteiger partial charge in [0.1, 0.15) is 12.4 Å². The largest absolute Gasteiger partial charge is 0.489 e. The van der Waals surface area contributed by atoms with Gasteiger partial charge >= 0.3 is 0 Å². The van der Waals surface area contributed by atoms with Gasteiger partial charge in [0.15, 0.2) is 0 Å². The molecule has 0 radical (unpaired) electrons. The van der Waals surface area contributed by atoms with Gasteiger partial charge in [0, 0.05) is 25.3 Å². The van der Waals surface area contributed by atoms with Crippen LogP contribution in [0, 0.1) is 5.92 Å². The Hall–Kier alpha value is -1.32. The van der Waals surface area contributed by atoms with E-state index in [-0.39, 0.29) is 0 Å².